The first-order valence-corrected chi connectivity index (χ1v) is 13.1. The van der Waals surface area contributed by atoms with Crippen LogP contribution in [0.15, 0.2) is 46.9 Å². The van der Waals surface area contributed by atoms with Crippen LogP contribution in [-0.2, 0) is 11.2 Å². The van der Waals surface area contributed by atoms with Crippen LogP contribution in [0.1, 0.15) is 43.1 Å². The molecule has 190 valence electrons. The number of hydrogen-bond donors (Lipinski definition) is 3. The third kappa shape index (κ3) is 3.99. The number of benzene rings is 2. The molecule has 3 aromatic rings. The third-order valence-corrected chi connectivity index (χ3v) is 8.03. The number of aromatic hydroxyl groups is 1. The van der Waals surface area contributed by atoms with Gasteiger partial charge in [-0.25, -0.2) is 4.79 Å². The number of aromatic amines is 1. The predicted molar refractivity (Wildman–Crippen MR) is 141 cm³/mol. The zero-order chi connectivity index (χ0) is 25.6. The van der Waals surface area contributed by atoms with E-state index in [1.807, 2.05) is 38.1 Å². The fourth-order valence-corrected chi connectivity index (χ4v) is 6.11. The number of urea groups is 1. The van der Waals surface area contributed by atoms with Crippen LogP contribution < -0.4 is 0 Å². The number of amides is 3. The van der Waals surface area contributed by atoms with Gasteiger partial charge in [-0.15, -0.1) is 0 Å². The van der Waals surface area contributed by atoms with Crippen LogP contribution in [0.25, 0.3) is 10.9 Å². The summed E-state index contributed by atoms with van der Waals surface area (Å²) in [6, 6.07) is 12.1. The van der Waals surface area contributed by atoms with Gasteiger partial charge in [0.15, 0.2) is 0 Å². The van der Waals surface area contributed by atoms with Gasteiger partial charge in [-0.3, -0.25) is 14.6 Å². The Hall–Kier alpha value is -2.88. The lowest BCUT2D eigenvalue weighted by atomic mass is 9.81. The molecule has 3 amide bonds. The highest BCUT2D eigenvalue weighted by Gasteiger charge is 2.60. The second-order valence-corrected chi connectivity index (χ2v) is 10.7. The number of halogens is 1. The lowest BCUT2D eigenvalue weighted by Gasteiger charge is -2.42. The van der Waals surface area contributed by atoms with Gasteiger partial charge >= 0.3 is 6.03 Å². The van der Waals surface area contributed by atoms with Gasteiger partial charge in [-0.1, -0.05) is 35.0 Å². The monoisotopic (exact) mass is 554 g/mol. The Kier molecular flexibility index (Phi) is 6.57. The molecular weight excluding hydrogens is 524 g/mol. The summed E-state index contributed by atoms with van der Waals surface area (Å²) in [4.78, 5) is 36.4. The van der Waals surface area contributed by atoms with Crippen molar-refractivity contribution in [1.29, 1.82) is 0 Å². The summed E-state index contributed by atoms with van der Waals surface area (Å²) in [6.45, 7) is 6.33. The normalized spacial score (nSPS) is 21.5. The summed E-state index contributed by atoms with van der Waals surface area (Å²) >= 11 is 3.57. The maximum Gasteiger partial charge on any atom is 0.328 e. The van der Waals surface area contributed by atoms with Gasteiger partial charge < -0.3 is 20.1 Å². The van der Waals surface area contributed by atoms with E-state index in [0.717, 1.165) is 38.7 Å². The van der Waals surface area contributed by atoms with E-state index in [1.54, 1.807) is 23.1 Å². The van der Waals surface area contributed by atoms with E-state index >= 15 is 0 Å². The number of phenols is 1. The third-order valence-electron chi connectivity index (χ3n) is 7.53. The SMILES string of the molecule is CCN(CCO)CCCN1C(=O)N2[C@H](c3cccc(O)c3)c3[nH]c4ccc(Br)cc4c3C[C@@]2(C)C1=O. The minimum Gasteiger partial charge on any atom is -0.508 e. The lowest BCUT2D eigenvalue weighted by molar-refractivity contribution is -0.133. The summed E-state index contributed by atoms with van der Waals surface area (Å²) in [6.07, 6.45) is 1.04. The highest BCUT2D eigenvalue weighted by molar-refractivity contribution is 9.10. The van der Waals surface area contributed by atoms with Crippen molar-refractivity contribution < 1.29 is 19.8 Å². The average molecular weight is 555 g/mol. The van der Waals surface area contributed by atoms with Gasteiger partial charge in [0.1, 0.15) is 17.3 Å². The van der Waals surface area contributed by atoms with Gasteiger partial charge in [-0.2, -0.15) is 0 Å². The van der Waals surface area contributed by atoms with Crippen molar-refractivity contribution in [1.82, 2.24) is 19.7 Å². The number of carbonyl (C=O) groups excluding carboxylic acids is 2. The number of fused-ring (bicyclic) bond motifs is 4. The number of hydrogen-bond acceptors (Lipinski definition) is 5. The van der Waals surface area contributed by atoms with E-state index < -0.39 is 11.6 Å². The number of nitrogens with one attached hydrogen (secondary N) is 1. The Morgan fingerprint density at radius 1 is 1.19 bits per heavy atom. The zero-order valence-corrected chi connectivity index (χ0v) is 22.1. The smallest absolute Gasteiger partial charge is 0.328 e. The minimum atomic E-state index is -1.05. The van der Waals surface area contributed by atoms with Crippen LogP contribution in [0, 0.1) is 0 Å². The summed E-state index contributed by atoms with van der Waals surface area (Å²) < 4.78 is 0.942. The lowest BCUT2D eigenvalue weighted by Crippen LogP contribution is -2.53. The van der Waals surface area contributed by atoms with Gasteiger partial charge in [0.2, 0.25) is 0 Å². The molecule has 2 aliphatic heterocycles. The first kappa shape index (κ1) is 24.8. The van der Waals surface area contributed by atoms with E-state index in [0.29, 0.717) is 32.5 Å². The number of rotatable bonds is 8. The van der Waals surface area contributed by atoms with Crippen molar-refractivity contribution in [3.63, 3.8) is 0 Å². The van der Waals surface area contributed by atoms with Crippen molar-refractivity contribution in [2.24, 2.45) is 0 Å². The molecule has 0 aliphatic carbocycles. The van der Waals surface area contributed by atoms with Gasteiger partial charge in [0.05, 0.1) is 6.61 Å². The van der Waals surface area contributed by atoms with E-state index in [1.165, 1.54) is 4.90 Å². The van der Waals surface area contributed by atoms with Crippen LogP contribution >= 0.6 is 15.9 Å². The van der Waals surface area contributed by atoms with Crippen LogP contribution in [0.3, 0.4) is 0 Å². The van der Waals surface area contributed by atoms with Crippen molar-refractivity contribution in [2.45, 2.75) is 38.3 Å². The Balaban J connectivity index is 1.56. The standard InChI is InChI=1S/C27H31BrN4O4/c1-3-30(12-13-33)10-5-11-31-25(35)27(2)16-21-20-15-18(28)8-9-22(20)29-23(21)24(32(27)26(31)36)17-6-4-7-19(34)14-17/h4,6-9,14-15,24,29,33-34H,3,5,10-13,16H2,1-2H3/t24-,27+/m1/s1. The summed E-state index contributed by atoms with van der Waals surface area (Å²) in [5.74, 6) is -0.0867. The van der Waals surface area contributed by atoms with Gasteiger partial charge in [0.25, 0.3) is 5.91 Å². The number of likely N-dealkylation sites (N-methyl/N-ethyl adjacent to an activating group) is 1. The van der Waals surface area contributed by atoms with Gasteiger partial charge in [-0.05, 0) is 67.9 Å². The average Bonchev–Trinajstić information content (AvgIpc) is 3.29. The van der Waals surface area contributed by atoms with Crippen molar-refractivity contribution >= 4 is 38.8 Å². The highest BCUT2D eigenvalue weighted by atomic mass is 79.9. The molecule has 0 radical (unpaired) electrons. The summed E-state index contributed by atoms with van der Waals surface area (Å²) in [7, 11) is 0. The quantitative estimate of drug-likeness (QED) is 0.365. The number of nitrogens with zero attached hydrogens (tertiary/aromatic N) is 3. The molecule has 0 spiro atoms. The predicted octanol–water partition coefficient (Wildman–Crippen LogP) is 4.01. The topological polar surface area (TPSA) is 100 Å². The number of aliphatic hydroxyl groups excluding tert-OH is 1. The number of phenolic OH excluding ortho intramolecular Hbond substituents is 1. The molecule has 2 aliphatic rings. The maximum atomic E-state index is 13.9. The van der Waals surface area contributed by atoms with Crippen molar-refractivity contribution in [3.05, 3.63) is 63.8 Å². The van der Waals surface area contributed by atoms with Crippen molar-refractivity contribution in [3.8, 4) is 5.75 Å². The second-order valence-electron chi connectivity index (χ2n) is 9.78. The number of imide groups is 1. The van der Waals surface area contributed by atoms with Crippen molar-refractivity contribution in [2.75, 3.05) is 32.8 Å². The maximum absolute atomic E-state index is 13.9. The molecule has 36 heavy (non-hydrogen) atoms. The first-order valence-electron chi connectivity index (χ1n) is 12.4. The molecule has 1 aromatic heterocycles. The molecule has 2 aromatic carbocycles. The molecule has 0 saturated carbocycles. The molecule has 0 bridgehead atoms. The molecular formula is C27H31BrN4O4. The van der Waals surface area contributed by atoms with E-state index in [9.17, 15) is 19.8 Å². The van der Waals surface area contributed by atoms with E-state index in [2.05, 4.69) is 25.8 Å². The van der Waals surface area contributed by atoms with Crippen LogP contribution in [0.4, 0.5) is 4.79 Å². The van der Waals surface area contributed by atoms with Crippen LogP contribution in [-0.4, -0.2) is 80.2 Å². The Bertz CT molecular complexity index is 1320. The fraction of sp³-hybridized carbons (Fsp3) is 0.407. The number of aliphatic hydroxyl groups is 1. The number of H-pyrrole nitrogens is 1. The molecule has 5 rings (SSSR count). The molecule has 3 heterocycles. The Morgan fingerprint density at radius 3 is 2.72 bits per heavy atom. The second kappa shape index (κ2) is 9.53. The molecule has 1 fully saturated rings. The van der Waals surface area contributed by atoms with E-state index in [4.69, 9.17) is 0 Å². The van der Waals surface area contributed by atoms with E-state index in [-0.39, 0.29) is 24.3 Å². The van der Waals surface area contributed by atoms with Gasteiger partial charge in [0, 0.05) is 40.6 Å². The Labute approximate surface area is 218 Å². The molecule has 9 heteroatoms. The molecule has 2 atom stereocenters. The molecule has 3 N–H and O–H groups in total. The summed E-state index contributed by atoms with van der Waals surface area (Å²) in [5.41, 5.74) is 2.53. The molecule has 8 nitrogen and oxygen atoms in total. The van der Waals surface area contributed by atoms with Crippen LogP contribution in [0.5, 0.6) is 5.75 Å². The first-order chi connectivity index (χ1) is 17.3. The summed E-state index contributed by atoms with van der Waals surface area (Å²) in [5, 5.41) is 20.5. The number of carbonyl (C=O) groups is 2. The highest BCUT2D eigenvalue weighted by Crippen LogP contribution is 2.49. The fourth-order valence-electron chi connectivity index (χ4n) is 5.75. The zero-order valence-electron chi connectivity index (χ0n) is 20.5. The number of aromatic nitrogens is 1. The molecule has 0 unspecified atom stereocenters. The molecule has 1 saturated heterocycles. The largest absolute Gasteiger partial charge is 0.508 e. The Morgan fingerprint density at radius 2 is 2.00 bits per heavy atom. The van der Waals surface area contributed by atoms with Crippen LogP contribution in [0.2, 0.25) is 0 Å². The minimum absolute atomic E-state index is 0.0781.